The summed E-state index contributed by atoms with van der Waals surface area (Å²) in [6, 6.07) is 26.7. The van der Waals surface area contributed by atoms with Crippen molar-refractivity contribution in [1.82, 2.24) is 25.5 Å². The SMILES string of the molecule is CN(CCCNC(=O)c1cccc2cc3ccc(Cl)cc3nc12)CCCNC(=O)c1c(Cl)ccc2cc3ccccc3nc12. The number of carbonyl (C=O) groups is 2. The highest BCUT2D eigenvalue weighted by atomic mass is 35.5. The fourth-order valence-corrected chi connectivity index (χ4v) is 5.85. The molecule has 0 radical (unpaired) electrons. The third kappa shape index (κ3) is 6.45. The molecule has 2 amide bonds. The molecule has 0 saturated carbocycles. The van der Waals surface area contributed by atoms with Crippen LogP contribution in [0.1, 0.15) is 33.6 Å². The molecule has 2 aromatic heterocycles. The summed E-state index contributed by atoms with van der Waals surface area (Å²) in [7, 11) is 2.03. The van der Waals surface area contributed by atoms with Gasteiger partial charge in [-0.05, 0) is 75.4 Å². The lowest BCUT2D eigenvalue weighted by Gasteiger charge is -2.17. The second kappa shape index (κ2) is 13.1. The maximum absolute atomic E-state index is 13.1. The van der Waals surface area contributed by atoms with Crippen molar-refractivity contribution in [2.75, 3.05) is 33.2 Å². The van der Waals surface area contributed by atoms with Crippen LogP contribution in [-0.4, -0.2) is 59.9 Å². The van der Waals surface area contributed by atoms with Gasteiger partial charge in [0.25, 0.3) is 11.8 Å². The van der Waals surface area contributed by atoms with Gasteiger partial charge in [-0.25, -0.2) is 9.97 Å². The van der Waals surface area contributed by atoms with E-state index < -0.39 is 0 Å². The Balaban J connectivity index is 0.975. The van der Waals surface area contributed by atoms with Crippen molar-refractivity contribution in [3.8, 4) is 0 Å². The summed E-state index contributed by atoms with van der Waals surface area (Å²) in [6.45, 7) is 2.64. The maximum atomic E-state index is 13.1. The molecule has 0 fully saturated rings. The Morgan fingerprint density at radius 1 is 0.682 bits per heavy atom. The number of hydrogen-bond acceptors (Lipinski definition) is 5. The lowest BCUT2D eigenvalue weighted by molar-refractivity contribution is 0.0947. The summed E-state index contributed by atoms with van der Waals surface area (Å²) >= 11 is 12.6. The largest absolute Gasteiger partial charge is 0.352 e. The Kier molecular flexibility index (Phi) is 8.89. The van der Waals surface area contributed by atoms with Gasteiger partial charge < -0.3 is 15.5 Å². The van der Waals surface area contributed by atoms with Crippen molar-refractivity contribution in [3.63, 3.8) is 0 Å². The summed E-state index contributed by atoms with van der Waals surface area (Å²) in [5.74, 6) is -0.378. The quantitative estimate of drug-likeness (QED) is 0.124. The first kappa shape index (κ1) is 29.8. The molecule has 0 spiro atoms. The number of nitrogens with zero attached hydrogens (tertiary/aromatic N) is 3. The number of pyridine rings is 2. The van der Waals surface area contributed by atoms with Crippen LogP contribution < -0.4 is 10.6 Å². The highest BCUT2D eigenvalue weighted by Crippen LogP contribution is 2.28. The molecule has 0 aliphatic heterocycles. The van der Waals surface area contributed by atoms with E-state index in [0.29, 0.717) is 45.3 Å². The molecule has 2 N–H and O–H groups in total. The number of para-hydroxylation sites is 2. The van der Waals surface area contributed by atoms with Crippen molar-refractivity contribution in [1.29, 1.82) is 0 Å². The number of benzene rings is 4. The number of nitrogens with one attached hydrogen (secondary N) is 2. The van der Waals surface area contributed by atoms with Gasteiger partial charge in [0, 0.05) is 39.7 Å². The normalized spacial score (nSPS) is 11.5. The van der Waals surface area contributed by atoms with E-state index in [1.165, 1.54) is 0 Å². The second-order valence-electron chi connectivity index (χ2n) is 10.9. The van der Waals surface area contributed by atoms with E-state index in [2.05, 4.69) is 15.5 Å². The number of hydrogen-bond donors (Lipinski definition) is 2. The number of fused-ring (bicyclic) bond motifs is 4. The Hall–Kier alpha value is -4.30. The van der Waals surface area contributed by atoms with E-state index in [0.717, 1.165) is 58.5 Å². The zero-order chi connectivity index (χ0) is 30.6. The molecule has 6 aromatic rings. The van der Waals surface area contributed by atoms with Crippen molar-refractivity contribution in [3.05, 3.63) is 106 Å². The zero-order valence-electron chi connectivity index (χ0n) is 24.2. The molecule has 44 heavy (non-hydrogen) atoms. The summed E-state index contributed by atoms with van der Waals surface area (Å²) in [5, 5.41) is 10.8. The molecule has 222 valence electrons. The van der Waals surface area contributed by atoms with E-state index in [-0.39, 0.29) is 11.8 Å². The fraction of sp³-hybridized carbons (Fsp3) is 0.200. The Labute approximate surface area is 265 Å². The molecule has 7 nitrogen and oxygen atoms in total. The van der Waals surface area contributed by atoms with Crippen LogP contribution in [0.4, 0.5) is 0 Å². The third-order valence-electron chi connectivity index (χ3n) is 7.72. The molecule has 0 saturated heterocycles. The standard InChI is InChI=1S/C35H31Cl2N5O2/c1-42(17-5-15-38-34(43)27-9-4-8-24-20-23-11-13-26(36)21-30(23)41-32(24)27)18-6-16-39-35(44)31-28(37)14-12-25-19-22-7-2-3-10-29(22)40-33(25)31/h2-4,7-14,19-21H,5-6,15-18H2,1H3,(H,38,43)(H,39,44). The maximum Gasteiger partial charge on any atom is 0.255 e. The molecule has 0 aliphatic carbocycles. The van der Waals surface area contributed by atoms with Crippen LogP contribution in [0.3, 0.4) is 0 Å². The van der Waals surface area contributed by atoms with E-state index >= 15 is 0 Å². The predicted molar refractivity (Wildman–Crippen MR) is 180 cm³/mol. The summed E-state index contributed by atoms with van der Waals surface area (Å²) in [6.07, 6.45) is 1.56. The Bertz CT molecular complexity index is 2030. The van der Waals surface area contributed by atoms with Crippen LogP contribution in [0, 0.1) is 0 Å². The highest BCUT2D eigenvalue weighted by molar-refractivity contribution is 6.35. The number of carbonyl (C=O) groups excluding carboxylic acids is 2. The minimum Gasteiger partial charge on any atom is -0.352 e. The average molecular weight is 625 g/mol. The first-order valence-corrected chi connectivity index (χ1v) is 15.3. The van der Waals surface area contributed by atoms with E-state index in [4.69, 9.17) is 33.2 Å². The third-order valence-corrected chi connectivity index (χ3v) is 8.27. The van der Waals surface area contributed by atoms with Crippen LogP contribution in [0.2, 0.25) is 10.0 Å². The first-order valence-electron chi connectivity index (χ1n) is 14.6. The lowest BCUT2D eigenvalue weighted by Crippen LogP contribution is -2.31. The number of amides is 2. The highest BCUT2D eigenvalue weighted by Gasteiger charge is 2.17. The van der Waals surface area contributed by atoms with Crippen LogP contribution >= 0.6 is 23.2 Å². The summed E-state index contributed by atoms with van der Waals surface area (Å²) in [5.41, 5.74) is 3.79. The molecule has 0 aliphatic rings. The lowest BCUT2D eigenvalue weighted by atomic mass is 10.1. The molecular weight excluding hydrogens is 593 g/mol. The number of aromatic nitrogens is 2. The van der Waals surface area contributed by atoms with Gasteiger partial charge in [-0.3, -0.25) is 9.59 Å². The van der Waals surface area contributed by atoms with Gasteiger partial charge >= 0.3 is 0 Å². The van der Waals surface area contributed by atoms with E-state index in [9.17, 15) is 9.59 Å². The Morgan fingerprint density at radius 2 is 1.32 bits per heavy atom. The molecule has 2 heterocycles. The minimum absolute atomic E-state index is 0.149. The molecule has 0 unspecified atom stereocenters. The summed E-state index contributed by atoms with van der Waals surface area (Å²) < 4.78 is 0. The van der Waals surface area contributed by atoms with Crippen LogP contribution in [0.25, 0.3) is 43.6 Å². The van der Waals surface area contributed by atoms with Crippen molar-refractivity contribution >= 4 is 78.6 Å². The average Bonchev–Trinajstić information content (AvgIpc) is 3.02. The van der Waals surface area contributed by atoms with Crippen molar-refractivity contribution in [2.45, 2.75) is 12.8 Å². The number of rotatable bonds is 10. The first-order chi connectivity index (χ1) is 21.4. The van der Waals surface area contributed by atoms with Gasteiger partial charge in [0.2, 0.25) is 0 Å². The molecule has 0 atom stereocenters. The smallest absolute Gasteiger partial charge is 0.255 e. The monoisotopic (exact) mass is 623 g/mol. The van der Waals surface area contributed by atoms with Gasteiger partial charge in [-0.1, -0.05) is 65.7 Å². The van der Waals surface area contributed by atoms with Crippen LogP contribution in [-0.2, 0) is 0 Å². The van der Waals surface area contributed by atoms with Crippen molar-refractivity contribution in [2.24, 2.45) is 0 Å². The van der Waals surface area contributed by atoms with E-state index in [1.807, 2.05) is 79.8 Å². The Morgan fingerprint density at radius 3 is 2.11 bits per heavy atom. The van der Waals surface area contributed by atoms with Crippen LogP contribution in [0.15, 0.2) is 84.9 Å². The zero-order valence-corrected chi connectivity index (χ0v) is 25.8. The number of halogens is 2. The summed E-state index contributed by atoms with van der Waals surface area (Å²) in [4.78, 5) is 37.8. The van der Waals surface area contributed by atoms with Gasteiger partial charge in [-0.2, -0.15) is 0 Å². The molecule has 4 aromatic carbocycles. The van der Waals surface area contributed by atoms with E-state index in [1.54, 1.807) is 12.1 Å². The van der Waals surface area contributed by atoms with Gasteiger partial charge in [0.05, 0.1) is 38.2 Å². The molecule has 6 rings (SSSR count). The van der Waals surface area contributed by atoms with Gasteiger partial charge in [-0.15, -0.1) is 0 Å². The van der Waals surface area contributed by atoms with Crippen LogP contribution in [0.5, 0.6) is 0 Å². The molecular formula is C35H31Cl2N5O2. The molecule has 0 bridgehead atoms. The predicted octanol–water partition coefficient (Wildman–Crippen LogP) is 7.27. The fourth-order valence-electron chi connectivity index (χ4n) is 5.44. The van der Waals surface area contributed by atoms with Crippen molar-refractivity contribution < 1.29 is 9.59 Å². The van der Waals surface area contributed by atoms with Gasteiger partial charge in [0.15, 0.2) is 0 Å². The second-order valence-corrected chi connectivity index (χ2v) is 11.7. The van der Waals surface area contributed by atoms with Gasteiger partial charge in [0.1, 0.15) is 0 Å². The minimum atomic E-state index is -0.229. The molecule has 9 heteroatoms. The topological polar surface area (TPSA) is 87.2 Å².